The third-order valence-corrected chi connectivity index (χ3v) is 3.59. The van der Waals surface area contributed by atoms with Gasteiger partial charge in [0.15, 0.2) is 0 Å². The quantitative estimate of drug-likeness (QED) is 0.614. The third kappa shape index (κ3) is 6.13. The van der Waals surface area contributed by atoms with Crippen LogP contribution in [0.2, 0.25) is 0 Å². The zero-order valence-electron chi connectivity index (χ0n) is 12.8. The maximum absolute atomic E-state index is 11.9. The maximum Gasteiger partial charge on any atom is 0.315 e. The van der Waals surface area contributed by atoms with Gasteiger partial charge < -0.3 is 15.2 Å². The van der Waals surface area contributed by atoms with E-state index < -0.39 is 10.0 Å². The van der Waals surface area contributed by atoms with E-state index in [1.807, 2.05) is 31.7 Å². The van der Waals surface area contributed by atoms with Gasteiger partial charge in [-0.2, -0.15) is 0 Å². The minimum atomic E-state index is -3.23. The van der Waals surface area contributed by atoms with E-state index in [-0.39, 0.29) is 31.1 Å². The van der Waals surface area contributed by atoms with Crippen molar-refractivity contribution in [1.29, 1.82) is 0 Å². The number of imidazole rings is 1. The van der Waals surface area contributed by atoms with E-state index in [2.05, 4.69) is 20.3 Å². The number of hydrogen-bond donors (Lipinski definition) is 3. The first-order valence-electron chi connectivity index (χ1n) is 6.67. The predicted molar refractivity (Wildman–Crippen MR) is 80.2 cm³/mol. The molecule has 1 rings (SSSR count). The maximum atomic E-state index is 11.9. The lowest BCUT2D eigenvalue weighted by atomic mass is 10.0. The second-order valence-electron chi connectivity index (χ2n) is 5.18. The molecule has 2 amide bonds. The molecule has 9 heteroatoms. The highest BCUT2D eigenvalue weighted by atomic mass is 32.2. The molecule has 0 aliphatic rings. The fourth-order valence-electron chi connectivity index (χ4n) is 1.81. The van der Waals surface area contributed by atoms with Crippen LogP contribution in [0.3, 0.4) is 0 Å². The summed E-state index contributed by atoms with van der Waals surface area (Å²) in [6.07, 6.45) is 4.57. The van der Waals surface area contributed by atoms with Crippen molar-refractivity contribution in [2.45, 2.75) is 19.9 Å². The van der Waals surface area contributed by atoms with E-state index >= 15 is 0 Å². The van der Waals surface area contributed by atoms with E-state index in [0.29, 0.717) is 0 Å². The van der Waals surface area contributed by atoms with Crippen molar-refractivity contribution in [3.8, 4) is 0 Å². The van der Waals surface area contributed by atoms with Crippen LogP contribution in [0.15, 0.2) is 12.4 Å². The number of urea groups is 1. The number of amides is 2. The summed E-state index contributed by atoms with van der Waals surface area (Å²) >= 11 is 0. The van der Waals surface area contributed by atoms with E-state index in [1.165, 1.54) is 0 Å². The number of nitrogens with one attached hydrogen (secondary N) is 3. The van der Waals surface area contributed by atoms with Crippen molar-refractivity contribution in [3.05, 3.63) is 18.2 Å². The number of sulfonamides is 1. The first-order valence-corrected chi connectivity index (χ1v) is 8.56. The second-order valence-corrected chi connectivity index (χ2v) is 7.02. The van der Waals surface area contributed by atoms with Crippen molar-refractivity contribution in [3.63, 3.8) is 0 Å². The van der Waals surface area contributed by atoms with Crippen molar-refractivity contribution < 1.29 is 13.2 Å². The van der Waals surface area contributed by atoms with Crippen LogP contribution < -0.4 is 15.4 Å². The van der Waals surface area contributed by atoms with Crippen LogP contribution in [-0.4, -0.2) is 43.3 Å². The Labute approximate surface area is 125 Å². The van der Waals surface area contributed by atoms with Gasteiger partial charge >= 0.3 is 6.03 Å². The Balaban J connectivity index is 2.49. The molecule has 0 radical (unpaired) electrons. The molecular formula is C12H23N5O3S. The zero-order valence-corrected chi connectivity index (χ0v) is 13.6. The molecule has 0 saturated carbocycles. The molecule has 0 aromatic carbocycles. The normalized spacial score (nSPS) is 13.2. The van der Waals surface area contributed by atoms with Gasteiger partial charge in [0, 0.05) is 32.5 Å². The van der Waals surface area contributed by atoms with Crippen molar-refractivity contribution in [2.75, 3.05) is 19.3 Å². The molecule has 0 aliphatic heterocycles. The van der Waals surface area contributed by atoms with Gasteiger partial charge in [0.05, 0.1) is 12.3 Å². The predicted octanol–water partition coefficient (Wildman–Crippen LogP) is -0.0344. The van der Waals surface area contributed by atoms with Crippen LogP contribution in [0.25, 0.3) is 0 Å². The van der Waals surface area contributed by atoms with Crippen LogP contribution in [0.4, 0.5) is 4.79 Å². The Morgan fingerprint density at radius 1 is 1.38 bits per heavy atom. The van der Waals surface area contributed by atoms with Crippen molar-refractivity contribution in [1.82, 2.24) is 24.9 Å². The number of aryl methyl sites for hydroxylation is 1. The zero-order chi connectivity index (χ0) is 16.0. The summed E-state index contributed by atoms with van der Waals surface area (Å²) in [5.74, 6) is 0.945. The summed E-state index contributed by atoms with van der Waals surface area (Å²) in [5, 5.41) is 5.45. The molecule has 0 fully saturated rings. The minimum absolute atomic E-state index is 0.154. The Hall–Kier alpha value is -1.61. The third-order valence-electron chi connectivity index (χ3n) is 2.86. The molecule has 21 heavy (non-hydrogen) atoms. The molecule has 1 aromatic rings. The lowest BCUT2D eigenvalue weighted by Gasteiger charge is -2.22. The van der Waals surface area contributed by atoms with E-state index in [1.54, 1.807) is 6.20 Å². The monoisotopic (exact) mass is 317 g/mol. The molecule has 0 aliphatic carbocycles. The molecule has 8 nitrogen and oxygen atoms in total. The second kappa shape index (κ2) is 7.41. The highest BCUT2D eigenvalue weighted by Gasteiger charge is 2.21. The van der Waals surface area contributed by atoms with E-state index in [9.17, 15) is 13.2 Å². The Morgan fingerprint density at radius 2 is 2.05 bits per heavy atom. The van der Waals surface area contributed by atoms with Gasteiger partial charge in [-0.25, -0.2) is 22.9 Å². The Kier molecular flexibility index (Phi) is 6.16. The minimum Gasteiger partial charge on any atom is -0.337 e. The Morgan fingerprint density at radius 3 is 2.52 bits per heavy atom. The Bertz CT molecular complexity index is 567. The summed E-state index contributed by atoms with van der Waals surface area (Å²) in [5.41, 5.74) is 0. The van der Waals surface area contributed by atoms with Gasteiger partial charge in [0.1, 0.15) is 5.82 Å². The van der Waals surface area contributed by atoms with Crippen LogP contribution in [-0.2, 0) is 17.1 Å². The fourth-order valence-corrected chi connectivity index (χ4v) is 2.28. The largest absolute Gasteiger partial charge is 0.337 e. The number of aromatic nitrogens is 2. The average Bonchev–Trinajstić information content (AvgIpc) is 2.76. The van der Waals surface area contributed by atoms with Crippen molar-refractivity contribution in [2.24, 2.45) is 13.0 Å². The topological polar surface area (TPSA) is 105 Å². The summed E-state index contributed by atoms with van der Waals surface area (Å²) in [6.45, 7) is 4.35. The van der Waals surface area contributed by atoms with Crippen LogP contribution in [0, 0.1) is 5.92 Å². The number of carbonyl (C=O) groups excluding carboxylic acids is 1. The average molecular weight is 317 g/mol. The van der Waals surface area contributed by atoms with Gasteiger partial charge in [-0.3, -0.25) is 0 Å². The standard InChI is InChI=1S/C12H23N5O3S/c1-9(2)10(11-13-7-8-17(11)3)16-12(18)14-5-6-15-21(4,19)20/h7-10,15H,5-6H2,1-4H3,(H2,14,16,18)/t10-/m0/s1. The molecule has 0 saturated heterocycles. The number of nitrogens with zero attached hydrogens (tertiary/aromatic N) is 2. The van der Waals surface area contributed by atoms with E-state index in [4.69, 9.17) is 0 Å². The fraction of sp³-hybridized carbons (Fsp3) is 0.667. The SMILES string of the molecule is CC(C)[C@H](NC(=O)NCCNS(C)(=O)=O)c1nccn1C. The van der Waals surface area contributed by atoms with Gasteiger partial charge in [-0.1, -0.05) is 13.8 Å². The van der Waals surface area contributed by atoms with Gasteiger partial charge in [-0.15, -0.1) is 0 Å². The molecule has 120 valence electrons. The van der Waals surface area contributed by atoms with E-state index in [0.717, 1.165) is 12.1 Å². The summed E-state index contributed by atoms with van der Waals surface area (Å²) in [4.78, 5) is 16.1. The highest BCUT2D eigenvalue weighted by Crippen LogP contribution is 2.19. The molecule has 3 N–H and O–H groups in total. The van der Waals surface area contributed by atoms with Crippen LogP contribution in [0.5, 0.6) is 0 Å². The lowest BCUT2D eigenvalue weighted by Crippen LogP contribution is -2.43. The number of rotatable bonds is 7. The summed E-state index contributed by atoms with van der Waals surface area (Å²) in [6, 6.07) is -0.570. The molecular weight excluding hydrogens is 294 g/mol. The molecule has 0 bridgehead atoms. The van der Waals surface area contributed by atoms with Crippen molar-refractivity contribution >= 4 is 16.1 Å². The van der Waals surface area contributed by atoms with Crippen LogP contribution in [0.1, 0.15) is 25.7 Å². The number of carbonyl (C=O) groups is 1. The lowest BCUT2D eigenvalue weighted by molar-refractivity contribution is 0.232. The van der Waals surface area contributed by atoms with Gasteiger partial charge in [0.25, 0.3) is 0 Å². The first-order chi connectivity index (χ1) is 9.70. The highest BCUT2D eigenvalue weighted by molar-refractivity contribution is 7.88. The van der Waals surface area contributed by atoms with Gasteiger partial charge in [-0.05, 0) is 5.92 Å². The number of hydrogen-bond acceptors (Lipinski definition) is 4. The molecule has 0 spiro atoms. The molecule has 1 heterocycles. The first kappa shape index (κ1) is 17.4. The smallest absolute Gasteiger partial charge is 0.315 e. The van der Waals surface area contributed by atoms with Gasteiger partial charge in [0.2, 0.25) is 10.0 Å². The molecule has 1 aromatic heterocycles. The van der Waals surface area contributed by atoms with Crippen LogP contribution >= 0.6 is 0 Å². The molecule has 0 unspecified atom stereocenters. The summed E-state index contributed by atoms with van der Waals surface area (Å²) < 4.78 is 25.9. The molecule has 1 atom stereocenters. The summed E-state index contributed by atoms with van der Waals surface area (Å²) in [7, 11) is -1.37.